The lowest BCUT2D eigenvalue weighted by Gasteiger charge is -2.24. The molecule has 7 heteroatoms. The Kier molecular flexibility index (Phi) is 5.33. The van der Waals surface area contributed by atoms with Crippen LogP contribution < -0.4 is 10.6 Å². The van der Waals surface area contributed by atoms with Crippen LogP contribution in [-0.2, 0) is 6.18 Å². The molecule has 0 aromatic carbocycles. The molecule has 0 aliphatic rings. The average Bonchev–Trinajstić information content (AvgIpc) is 2.36. The topological polar surface area (TPSA) is 42.2 Å². The van der Waals surface area contributed by atoms with E-state index in [4.69, 9.17) is 18.0 Å². The highest BCUT2D eigenvalue weighted by Crippen LogP contribution is 2.30. The van der Waals surface area contributed by atoms with Crippen molar-refractivity contribution in [3.8, 4) is 0 Å². The molecule has 0 aliphatic heterocycles. The summed E-state index contributed by atoms with van der Waals surface area (Å²) < 4.78 is 38.2. The van der Waals surface area contributed by atoms with Crippen molar-refractivity contribution in [3.63, 3.8) is 0 Å². The van der Waals surface area contributed by atoms with E-state index in [1.165, 1.54) is 6.07 Å². The Morgan fingerprint density at radius 2 is 2.05 bits per heavy atom. The molecule has 0 spiro atoms. The number of thiocarbonyl (C=S) groups is 1. The molecule has 1 aromatic rings. The van der Waals surface area contributed by atoms with Gasteiger partial charge in [-0.2, -0.15) is 13.2 Å². The first-order valence-corrected chi connectivity index (χ1v) is 6.66. The number of aromatic nitrogens is 1. The number of rotatable bonds is 5. The molecule has 0 fully saturated rings. The average molecular weight is 305 g/mol. The van der Waals surface area contributed by atoms with Crippen LogP contribution in [0.2, 0.25) is 0 Å². The van der Waals surface area contributed by atoms with Crippen molar-refractivity contribution in [2.24, 2.45) is 11.7 Å². The first-order chi connectivity index (χ1) is 9.16. The van der Waals surface area contributed by atoms with Gasteiger partial charge in [-0.15, -0.1) is 0 Å². The van der Waals surface area contributed by atoms with E-state index in [1.54, 1.807) is 11.9 Å². The molecule has 0 saturated heterocycles. The molecule has 112 valence electrons. The molecule has 0 aliphatic carbocycles. The van der Waals surface area contributed by atoms with Crippen LogP contribution in [0.15, 0.2) is 12.1 Å². The molecule has 2 N–H and O–H groups in total. The summed E-state index contributed by atoms with van der Waals surface area (Å²) in [4.78, 5) is 5.39. The normalized spacial score (nSPS) is 13.1. The molecule has 1 rings (SSSR count). The fraction of sp³-hybridized carbons (Fsp3) is 0.538. The summed E-state index contributed by atoms with van der Waals surface area (Å²) in [5.41, 5.74) is 4.98. The van der Waals surface area contributed by atoms with Gasteiger partial charge >= 0.3 is 6.18 Å². The molecule has 20 heavy (non-hydrogen) atoms. The van der Waals surface area contributed by atoms with Crippen molar-refractivity contribution < 1.29 is 13.2 Å². The van der Waals surface area contributed by atoms with Crippen LogP contribution in [0.4, 0.5) is 19.0 Å². The van der Waals surface area contributed by atoms with Crippen LogP contribution in [0.1, 0.15) is 31.5 Å². The number of pyridine rings is 1. The largest absolute Gasteiger partial charge is 0.433 e. The van der Waals surface area contributed by atoms with Gasteiger partial charge in [-0.05, 0) is 18.1 Å². The number of alkyl halides is 3. The van der Waals surface area contributed by atoms with Gasteiger partial charge in [-0.1, -0.05) is 32.5 Å². The van der Waals surface area contributed by atoms with Gasteiger partial charge in [0.1, 0.15) is 16.5 Å². The van der Waals surface area contributed by atoms with Crippen molar-refractivity contribution in [1.29, 1.82) is 0 Å². The number of nitrogens with two attached hydrogens (primary N) is 1. The highest BCUT2D eigenvalue weighted by atomic mass is 32.1. The lowest BCUT2D eigenvalue weighted by atomic mass is 10.1. The third-order valence-corrected chi connectivity index (χ3v) is 3.29. The standard InChI is InChI=1S/C13H18F3N3S/c1-4-8(2)7-19(3)12-9(11(17)20)5-6-10(18-12)13(14,15)16/h5-6,8H,4,7H2,1-3H3,(H2,17,20). The summed E-state index contributed by atoms with van der Waals surface area (Å²) >= 11 is 4.88. The molecule has 1 heterocycles. The number of anilines is 1. The Balaban J connectivity index is 3.22. The van der Waals surface area contributed by atoms with Gasteiger partial charge in [-0.25, -0.2) is 4.98 Å². The highest BCUT2D eigenvalue weighted by Gasteiger charge is 2.33. The quantitative estimate of drug-likeness (QED) is 0.848. The lowest BCUT2D eigenvalue weighted by Crippen LogP contribution is -2.28. The lowest BCUT2D eigenvalue weighted by molar-refractivity contribution is -0.141. The Morgan fingerprint density at radius 3 is 2.50 bits per heavy atom. The molecule has 0 amide bonds. The molecule has 0 bridgehead atoms. The summed E-state index contributed by atoms with van der Waals surface area (Å²) in [7, 11) is 1.69. The Labute approximate surface area is 122 Å². The Bertz CT molecular complexity index is 488. The molecule has 1 atom stereocenters. The van der Waals surface area contributed by atoms with Gasteiger partial charge in [-0.3, -0.25) is 0 Å². The zero-order valence-corrected chi connectivity index (χ0v) is 12.5. The fourth-order valence-corrected chi connectivity index (χ4v) is 1.93. The van der Waals surface area contributed by atoms with Crippen LogP contribution in [0, 0.1) is 5.92 Å². The van der Waals surface area contributed by atoms with Gasteiger partial charge in [0.05, 0.1) is 5.56 Å². The van der Waals surface area contributed by atoms with Crippen LogP contribution in [0.25, 0.3) is 0 Å². The summed E-state index contributed by atoms with van der Waals surface area (Å²) in [5, 5.41) is 0. The Morgan fingerprint density at radius 1 is 1.45 bits per heavy atom. The minimum Gasteiger partial charge on any atom is -0.389 e. The summed E-state index contributed by atoms with van der Waals surface area (Å²) in [6.45, 7) is 4.62. The number of hydrogen-bond acceptors (Lipinski definition) is 3. The van der Waals surface area contributed by atoms with Crippen LogP contribution >= 0.6 is 12.2 Å². The SMILES string of the molecule is CCC(C)CN(C)c1nc(C(F)(F)F)ccc1C(N)=S. The van der Waals surface area contributed by atoms with E-state index >= 15 is 0 Å². The van der Waals surface area contributed by atoms with E-state index in [0.29, 0.717) is 18.0 Å². The Hall–Kier alpha value is -1.37. The van der Waals surface area contributed by atoms with Gasteiger partial charge in [0.25, 0.3) is 0 Å². The molecule has 1 unspecified atom stereocenters. The first-order valence-electron chi connectivity index (χ1n) is 6.26. The van der Waals surface area contributed by atoms with Crippen molar-refractivity contribution in [2.75, 3.05) is 18.5 Å². The monoisotopic (exact) mass is 305 g/mol. The van der Waals surface area contributed by atoms with Gasteiger partial charge in [0.15, 0.2) is 0 Å². The van der Waals surface area contributed by atoms with Crippen molar-refractivity contribution in [2.45, 2.75) is 26.4 Å². The smallest absolute Gasteiger partial charge is 0.389 e. The maximum absolute atomic E-state index is 12.7. The second-order valence-corrected chi connectivity index (χ2v) is 5.26. The minimum atomic E-state index is -4.49. The van der Waals surface area contributed by atoms with Gasteiger partial charge in [0.2, 0.25) is 0 Å². The van der Waals surface area contributed by atoms with Crippen molar-refractivity contribution >= 4 is 23.0 Å². The predicted molar refractivity (Wildman–Crippen MR) is 77.9 cm³/mol. The van der Waals surface area contributed by atoms with Crippen LogP contribution in [0.5, 0.6) is 0 Å². The summed E-state index contributed by atoms with van der Waals surface area (Å²) in [5.74, 6) is 0.503. The predicted octanol–water partition coefficient (Wildman–Crippen LogP) is 3.22. The minimum absolute atomic E-state index is 0.0391. The summed E-state index contributed by atoms with van der Waals surface area (Å²) in [6.07, 6.45) is -3.56. The van der Waals surface area contributed by atoms with Crippen molar-refractivity contribution in [1.82, 2.24) is 4.98 Å². The van der Waals surface area contributed by atoms with E-state index in [9.17, 15) is 13.2 Å². The molecular weight excluding hydrogens is 287 g/mol. The van der Waals surface area contributed by atoms with Gasteiger partial charge < -0.3 is 10.6 Å². The van der Waals surface area contributed by atoms with E-state index in [2.05, 4.69) is 4.98 Å². The van der Waals surface area contributed by atoms with E-state index in [0.717, 1.165) is 12.5 Å². The molecule has 3 nitrogen and oxygen atoms in total. The number of nitrogens with zero attached hydrogens (tertiary/aromatic N) is 2. The maximum Gasteiger partial charge on any atom is 0.433 e. The zero-order valence-electron chi connectivity index (χ0n) is 11.7. The molecule has 0 radical (unpaired) electrons. The van der Waals surface area contributed by atoms with Crippen LogP contribution in [-0.4, -0.2) is 23.6 Å². The first kappa shape index (κ1) is 16.7. The maximum atomic E-state index is 12.7. The molecule has 0 saturated carbocycles. The van der Waals surface area contributed by atoms with Gasteiger partial charge in [0, 0.05) is 13.6 Å². The second kappa shape index (κ2) is 6.39. The van der Waals surface area contributed by atoms with E-state index < -0.39 is 11.9 Å². The van der Waals surface area contributed by atoms with Crippen LogP contribution in [0.3, 0.4) is 0 Å². The molecular formula is C13H18F3N3S. The fourth-order valence-electron chi connectivity index (χ4n) is 1.77. The number of hydrogen-bond donors (Lipinski definition) is 1. The van der Waals surface area contributed by atoms with Crippen molar-refractivity contribution in [3.05, 3.63) is 23.4 Å². The summed E-state index contributed by atoms with van der Waals surface area (Å²) in [6, 6.07) is 2.18. The highest BCUT2D eigenvalue weighted by molar-refractivity contribution is 7.80. The second-order valence-electron chi connectivity index (χ2n) is 4.82. The number of halogens is 3. The molecule has 1 aromatic heterocycles. The zero-order chi connectivity index (χ0) is 15.5. The third-order valence-electron chi connectivity index (χ3n) is 3.08. The van der Waals surface area contributed by atoms with E-state index in [1.807, 2.05) is 13.8 Å². The third kappa shape index (κ3) is 4.06. The van der Waals surface area contributed by atoms with E-state index in [-0.39, 0.29) is 10.8 Å².